The van der Waals surface area contributed by atoms with Crippen LogP contribution in [0.3, 0.4) is 0 Å². The van der Waals surface area contributed by atoms with Crippen molar-refractivity contribution in [3.63, 3.8) is 0 Å². The standard InChI is InChI=1S/C24H19N3O3S2/c1-29-18-7-4-6-16(12-18)22-25-17(14-31-22)15-32-24-26-21-10-3-2-9-20(21)23(28)27(24)13-19-8-5-11-30-19/h2-12,14H,13,15H2,1H3. The number of nitrogens with zero attached hydrogens (tertiary/aromatic N) is 3. The third-order valence-electron chi connectivity index (χ3n) is 4.94. The first-order valence-corrected chi connectivity index (χ1v) is 11.8. The quantitative estimate of drug-likeness (QED) is 0.237. The van der Waals surface area contributed by atoms with E-state index in [1.807, 2.05) is 60.0 Å². The summed E-state index contributed by atoms with van der Waals surface area (Å²) in [6.45, 7) is 0.331. The second-order valence-electron chi connectivity index (χ2n) is 7.05. The van der Waals surface area contributed by atoms with Gasteiger partial charge in [-0.15, -0.1) is 11.3 Å². The Morgan fingerprint density at radius 2 is 2.00 bits per heavy atom. The lowest BCUT2D eigenvalue weighted by Crippen LogP contribution is -2.23. The van der Waals surface area contributed by atoms with Crippen molar-refractivity contribution in [2.75, 3.05) is 7.11 Å². The van der Waals surface area contributed by atoms with Crippen molar-refractivity contribution in [3.05, 3.63) is 94.1 Å². The third-order valence-corrected chi connectivity index (χ3v) is 6.89. The van der Waals surface area contributed by atoms with E-state index in [4.69, 9.17) is 19.1 Å². The minimum absolute atomic E-state index is 0.0788. The molecule has 5 rings (SSSR count). The number of furan rings is 1. The molecule has 32 heavy (non-hydrogen) atoms. The van der Waals surface area contributed by atoms with Gasteiger partial charge in [-0.05, 0) is 36.4 Å². The van der Waals surface area contributed by atoms with Gasteiger partial charge in [0.25, 0.3) is 5.56 Å². The van der Waals surface area contributed by atoms with Gasteiger partial charge in [-0.3, -0.25) is 9.36 Å². The van der Waals surface area contributed by atoms with Crippen LogP contribution in [0.5, 0.6) is 5.75 Å². The van der Waals surface area contributed by atoms with Crippen molar-refractivity contribution in [1.29, 1.82) is 0 Å². The number of methoxy groups -OCH3 is 1. The lowest BCUT2D eigenvalue weighted by molar-refractivity contribution is 0.415. The molecule has 0 saturated carbocycles. The Morgan fingerprint density at radius 3 is 2.84 bits per heavy atom. The van der Waals surface area contributed by atoms with Crippen molar-refractivity contribution in [2.24, 2.45) is 0 Å². The molecule has 160 valence electrons. The Hall–Kier alpha value is -3.36. The van der Waals surface area contributed by atoms with E-state index in [1.165, 1.54) is 11.8 Å². The summed E-state index contributed by atoms with van der Waals surface area (Å²) in [6.07, 6.45) is 1.61. The molecule has 8 heteroatoms. The lowest BCUT2D eigenvalue weighted by atomic mass is 10.2. The molecule has 3 aromatic heterocycles. The van der Waals surface area contributed by atoms with Gasteiger partial charge in [-0.2, -0.15) is 0 Å². The monoisotopic (exact) mass is 461 g/mol. The summed E-state index contributed by atoms with van der Waals surface area (Å²) in [4.78, 5) is 22.7. The summed E-state index contributed by atoms with van der Waals surface area (Å²) in [5, 5.41) is 4.20. The van der Waals surface area contributed by atoms with Crippen LogP contribution in [0.1, 0.15) is 11.5 Å². The topological polar surface area (TPSA) is 70.2 Å². The average Bonchev–Trinajstić information content (AvgIpc) is 3.52. The predicted octanol–water partition coefficient (Wildman–Crippen LogP) is 5.46. The number of aromatic nitrogens is 3. The summed E-state index contributed by atoms with van der Waals surface area (Å²) in [5.41, 5.74) is 2.56. The van der Waals surface area contributed by atoms with E-state index in [-0.39, 0.29) is 5.56 Å². The second-order valence-corrected chi connectivity index (χ2v) is 8.85. The molecule has 0 radical (unpaired) electrons. The molecule has 0 N–H and O–H groups in total. The molecular weight excluding hydrogens is 442 g/mol. The number of hydrogen-bond acceptors (Lipinski definition) is 7. The third kappa shape index (κ3) is 4.19. The molecule has 3 heterocycles. The van der Waals surface area contributed by atoms with Crippen LogP contribution < -0.4 is 10.3 Å². The molecule has 0 aliphatic heterocycles. The van der Waals surface area contributed by atoms with Crippen LogP contribution in [-0.4, -0.2) is 21.6 Å². The molecule has 0 spiro atoms. The van der Waals surface area contributed by atoms with Crippen molar-refractivity contribution in [3.8, 4) is 16.3 Å². The zero-order chi connectivity index (χ0) is 21.9. The van der Waals surface area contributed by atoms with Gasteiger partial charge in [0.2, 0.25) is 0 Å². The highest BCUT2D eigenvalue weighted by atomic mass is 32.2. The highest BCUT2D eigenvalue weighted by Crippen LogP contribution is 2.29. The average molecular weight is 462 g/mol. The molecule has 0 atom stereocenters. The van der Waals surface area contributed by atoms with Gasteiger partial charge in [0.15, 0.2) is 5.16 Å². The molecule has 0 fully saturated rings. The number of fused-ring (bicyclic) bond motifs is 1. The Morgan fingerprint density at radius 1 is 1.09 bits per heavy atom. The predicted molar refractivity (Wildman–Crippen MR) is 127 cm³/mol. The molecule has 0 aliphatic carbocycles. The van der Waals surface area contributed by atoms with Crippen LogP contribution in [0.15, 0.2) is 86.7 Å². The van der Waals surface area contributed by atoms with Gasteiger partial charge < -0.3 is 9.15 Å². The van der Waals surface area contributed by atoms with E-state index < -0.39 is 0 Å². The molecule has 0 aliphatic rings. The molecular formula is C24H19N3O3S2. The summed E-state index contributed by atoms with van der Waals surface area (Å²) in [7, 11) is 1.65. The van der Waals surface area contributed by atoms with Crippen LogP contribution in [-0.2, 0) is 12.3 Å². The highest BCUT2D eigenvalue weighted by Gasteiger charge is 2.14. The number of hydrogen-bond donors (Lipinski definition) is 0. The number of para-hydroxylation sites is 1. The van der Waals surface area contributed by atoms with Crippen molar-refractivity contribution in [2.45, 2.75) is 17.5 Å². The first kappa shape index (κ1) is 20.5. The van der Waals surface area contributed by atoms with E-state index in [0.717, 1.165) is 22.0 Å². The fraction of sp³-hybridized carbons (Fsp3) is 0.125. The highest BCUT2D eigenvalue weighted by molar-refractivity contribution is 7.98. The number of thiazole rings is 1. The van der Waals surface area contributed by atoms with Gasteiger partial charge in [0.05, 0.1) is 36.5 Å². The van der Waals surface area contributed by atoms with Crippen molar-refractivity contribution < 1.29 is 9.15 Å². The van der Waals surface area contributed by atoms with Crippen LogP contribution in [0.2, 0.25) is 0 Å². The Labute approximate surface area is 192 Å². The first-order valence-electron chi connectivity index (χ1n) is 9.95. The molecule has 0 saturated heterocycles. The van der Waals surface area contributed by atoms with Crippen LogP contribution >= 0.6 is 23.1 Å². The Kier molecular flexibility index (Phi) is 5.79. The SMILES string of the molecule is COc1cccc(-c2nc(CSc3nc4ccccc4c(=O)n3Cc3ccco3)cs2)c1. The molecule has 0 amide bonds. The Bertz CT molecular complexity index is 1420. The smallest absolute Gasteiger partial charge is 0.262 e. The maximum atomic E-state index is 13.2. The molecule has 5 aromatic rings. The van der Waals surface area contributed by atoms with E-state index in [2.05, 4.69) is 0 Å². The zero-order valence-corrected chi connectivity index (χ0v) is 18.9. The summed E-state index contributed by atoms with van der Waals surface area (Å²) >= 11 is 3.08. The number of rotatable bonds is 7. The van der Waals surface area contributed by atoms with Gasteiger partial charge in [-0.1, -0.05) is 36.0 Å². The fourth-order valence-corrected chi connectivity index (χ4v) is 5.17. The van der Waals surface area contributed by atoms with E-state index in [1.54, 1.807) is 35.3 Å². The van der Waals surface area contributed by atoms with Crippen molar-refractivity contribution >= 4 is 34.0 Å². The fourth-order valence-electron chi connectivity index (χ4n) is 3.36. The van der Waals surface area contributed by atoms with Crippen LogP contribution in [0.4, 0.5) is 0 Å². The van der Waals surface area contributed by atoms with Crippen LogP contribution in [0.25, 0.3) is 21.5 Å². The summed E-state index contributed by atoms with van der Waals surface area (Å²) in [6, 6.07) is 18.9. The van der Waals surface area contributed by atoms with E-state index >= 15 is 0 Å². The van der Waals surface area contributed by atoms with Crippen molar-refractivity contribution in [1.82, 2.24) is 14.5 Å². The van der Waals surface area contributed by atoms with Gasteiger partial charge in [0, 0.05) is 16.7 Å². The number of benzene rings is 2. The number of ether oxygens (including phenoxy) is 1. The summed E-state index contributed by atoms with van der Waals surface area (Å²) < 4.78 is 12.5. The minimum Gasteiger partial charge on any atom is -0.497 e. The minimum atomic E-state index is -0.0788. The largest absolute Gasteiger partial charge is 0.497 e. The van der Waals surface area contributed by atoms with Gasteiger partial charge >= 0.3 is 0 Å². The molecule has 0 bridgehead atoms. The molecule has 0 unspecified atom stereocenters. The molecule has 6 nitrogen and oxygen atoms in total. The summed E-state index contributed by atoms with van der Waals surface area (Å²) in [5.74, 6) is 2.11. The van der Waals surface area contributed by atoms with Gasteiger partial charge in [-0.25, -0.2) is 9.97 Å². The number of thioether (sulfide) groups is 1. The maximum absolute atomic E-state index is 13.2. The molecule has 2 aromatic carbocycles. The van der Waals surface area contributed by atoms with E-state index in [9.17, 15) is 4.79 Å². The lowest BCUT2D eigenvalue weighted by Gasteiger charge is -2.11. The zero-order valence-electron chi connectivity index (χ0n) is 17.2. The van der Waals surface area contributed by atoms with E-state index in [0.29, 0.717) is 34.1 Å². The van der Waals surface area contributed by atoms with Gasteiger partial charge in [0.1, 0.15) is 16.5 Å². The first-order chi connectivity index (χ1) is 15.7. The second kappa shape index (κ2) is 9.02. The Balaban J connectivity index is 1.44. The normalized spacial score (nSPS) is 11.2. The van der Waals surface area contributed by atoms with Crippen LogP contribution in [0, 0.1) is 0 Å². The maximum Gasteiger partial charge on any atom is 0.262 e.